The van der Waals surface area contributed by atoms with Gasteiger partial charge in [0.2, 0.25) is 10.0 Å². The van der Waals surface area contributed by atoms with Gasteiger partial charge in [-0.25, -0.2) is 13.1 Å². The number of sulfonamides is 1. The summed E-state index contributed by atoms with van der Waals surface area (Å²) in [4.78, 5) is 0.102. The number of nitrogens with one attached hydrogen (secondary N) is 2. The summed E-state index contributed by atoms with van der Waals surface area (Å²) in [5.74, 6) is 0. The minimum atomic E-state index is -3.50. The van der Waals surface area contributed by atoms with Gasteiger partial charge in [0.15, 0.2) is 0 Å². The molecule has 18 heavy (non-hydrogen) atoms. The second-order valence-corrected chi connectivity index (χ2v) is 6.68. The highest BCUT2D eigenvalue weighted by molar-refractivity contribution is 7.89. The predicted octanol–water partition coefficient (Wildman–Crippen LogP) is 1.78. The van der Waals surface area contributed by atoms with Gasteiger partial charge in [0.25, 0.3) is 0 Å². The van der Waals surface area contributed by atoms with Crippen molar-refractivity contribution >= 4 is 21.4 Å². The van der Waals surface area contributed by atoms with E-state index in [0.717, 1.165) is 12.1 Å². The van der Waals surface area contributed by atoms with Gasteiger partial charge in [-0.2, -0.15) is 0 Å². The molecule has 0 aliphatic carbocycles. The van der Waals surface area contributed by atoms with Crippen molar-refractivity contribution in [3.63, 3.8) is 0 Å². The van der Waals surface area contributed by atoms with Gasteiger partial charge in [-0.3, -0.25) is 0 Å². The fraction of sp³-hybridized carbons (Fsp3) is 0.500. The molecule has 0 bridgehead atoms. The maximum absolute atomic E-state index is 11.7. The molecule has 102 valence electrons. The van der Waals surface area contributed by atoms with Crippen molar-refractivity contribution in [3.8, 4) is 0 Å². The normalized spacial score (nSPS) is 12.4. The molecular weight excluding hydrogens is 250 g/mol. The largest absolute Gasteiger partial charge is 0.398 e. The van der Waals surface area contributed by atoms with Crippen molar-refractivity contribution < 1.29 is 8.42 Å². The molecule has 1 rings (SSSR count). The molecule has 0 atom stereocenters. The second-order valence-electron chi connectivity index (χ2n) is 4.82. The lowest BCUT2D eigenvalue weighted by molar-refractivity contribution is 0.547. The molecule has 1 aromatic rings. The van der Waals surface area contributed by atoms with Gasteiger partial charge in [-0.15, -0.1) is 0 Å². The summed E-state index contributed by atoms with van der Waals surface area (Å²) >= 11 is 0. The van der Waals surface area contributed by atoms with E-state index >= 15 is 0 Å². The lowest BCUT2D eigenvalue weighted by Crippen LogP contribution is -2.29. The van der Waals surface area contributed by atoms with Crippen molar-refractivity contribution in [1.82, 2.24) is 4.72 Å². The Hall–Kier alpha value is -1.27. The van der Waals surface area contributed by atoms with E-state index in [1.165, 1.54) is 13.1 Å². The van der Waals surface area contributed by atoms with Crippen LogP contribution in [0.5, 0.6) is 0 Å². The van der Waals surface area contributed by atoms with E-state index in [0.29, 0.717) is 0 Å². The van der Waals surface area contributed by atoms with Gasteiger partial charge in [0.05, 0.1) is 5.69 Å². The van der Waals surface area contributed by atoms with Gasteiger partial charge in [-0.1, -0.05) is 6.92 Å². The summed E-state index contributed by atoms with van der Waals surface area (Å²) in [6.45, 7) is 6.22. The summed E-state index contributed by atoms with van der Waals surface area (Å²) in [5.41, 5.74) is 6.78. The monoisotopic (exact) mass is 271 g/mol. The number of rotatable bonds is 5. The first-order valence-electron chi connectivity index (χ1n) is 5.83. The first-order valence-corrected chi connectivity index (χ1v) is 7.31. The van der Waals surface area contributed by atoms with Crippen molar-refractivity contribution in [2.45, 2.75) is 37.6 Å². The van der Waals surface area contributed by atoms with Crippen LogP contribution in [0.3, 0.4) is 0 Å². The molecule has 6 heteroatoms. The quantitative estimate of drug-likeness (QED) is 0.713. The third-order valence-electron chi connectivity index (χ3n) is 2.93. The highest BCUT2D eigenvalue weighted by Gasteiger charge is 2.18. The van der Waals surface area contributed by atoms with Crippen LogP contribution in [0.1, 0.15) is 27.2 Å². The summed E-state index contributed by atoms with van der Waals surface area (Å²) in [5, 5.41) is 3.31. The number of anilines is 2. The molecule has 0 radical (unpaired) electrons. The number of benzene rings is 1. The Kier molecular flexibility index (Phi) is 4.24. The van der Waals surface area contributed by atoms with Crippen LogP contribution in [-0.4, -0.2) is 21.0 Å². The third-order valence-corrected chi connectivity index (χ3v) is 4.42. The Bertz CT molecular complexity index is 524. The van der Waals surface area contributed by atoms with E-state index < -0.39 is 10.0 Å². The Morgan fingerprint density at radius 2 is 1.94 bits per heavy atom. The van der Waals surface area contributed by atoms with E-state index in [2.05, 4.69) is 30.8 Å². The molecule has 0 aromatic heterocycles. The minimum absolute atomic E-state index is 0.0597. The van der Waals surface area contributed by atoms with Gasteiger partial charge in [0.1, 0.15) is 4.90 Å². The van der Waals surface area contributed by atoms with E-state index in [-0.39, 0.29) is 16.1 Å². The van der Waals surface area contributed by atoms with E-state index in [1.807, 2.05) is 0 Å². The first kappa shape index (κ1) is 14.8. The van der Waals surface area contributed by atoms with Crippen molar-refractivity contribution in [2.24, 2.45) is 0 Å². The van der Waals surface area contributed by atoms with E-state index in [1.54, 1.807) is 12.1 Å². The molecule has 5 nitrogen and oxygen atoms in total. The third kappa shape index (κ3) is 3.36. The average Bonchev–Trinajstić information content (AvgIpc) is 2.28. The van der Waals surface area contributed by atoms with Crippen LogP contribution < -0.4 is 15.8 Å². The van der Waals surface area contributed by atoms with Gasteiger partial charge in [-0.05, 0) is 45.5 Å². The first-order chi connectivity index (χ1) is 8.22. The summed E-state index contributed by atoms with van der Waals surface area (Å²) < 4.78 is 25.6. The van der Waals surface area contributed by atoms with Crippen LogP contribution in [0.4, 0.5) is 11.4 Å². The summed E-state index contributed by atoms with van der Waals surface area (Å²) in [6.07, 6.45) is 0.948. The van der Waals surface area contributed by atoms with Crippen LogP contribution in [0.25, 0.3) is 0 Å². The van der Waals surface area contributed by atoms with Crippen LogP contribution in [0, 0.1) is 0 Å². The van der Waals surface area contributed by atoms with Gasteiger partial charge in [0, 0.05) is 11.2 Å². The maximum atomic E-state index is 11.7. The van der Waals surface area contributed by atoms with E-state index in [9.17, 15) is 8.42 Å². The molecule has 1 aromatic carbocycles. The molecule has 0 amide bonds. The molecule has 0 unspecified atom stereocenters. The Morgan fingerprint density at radius 3 is 2.39 bits per heavy atom. The Labute approximate surface area is 109 Å². The minimum Gasteiger partial charge on any atom is -0.398 e. The van der Waals surface area contributed by atoms with Gasteiger partial charge >= 0.3 is 0 Å². The van der Waals surface area contributed by atoms with Crippen LogP contribution in [0.15, 0.2) is 23.1 Å². The topological polar surface area (TPSA) is 84.2 Å². The highest BCUT2D eigenvalue weighted by atomic mass is 32.2. The molecule has 4 N–H and O–H groups in total. The van der Waals surface area contributed by atoms with Crippen LogP contribution >= 0.6 is 0 Å². The molecule has 0 aliphatic rings. The summed E-state index contributed by atoms with van der Waals surface area (Å²) in [6, 6.07) is 4.87. The molecule has 0 heterocycles. The van der Waals surface area contributed by atoms with Crippen molar-refractivity contribution in [2.75, 3.05) is 18.1 Å². The van der Waals surface area contributed by atoms with Crippen LogP contribution in [0.2, 0.25) is 0 Å². The maximum Gasteiger partial charge on any atom is 0.242 e. The fourth-order valence-corrected chi connectivity index (χ4v) is 2.30. The zero-order chi connectivity index (χ0) is 14.0. The number of nitrogens with two attached hydrogens (primary N) is 1. The highest BCUT2D eigenvalue weighted by Crippen LogP contribution is 2.25. The van der Waals surface area contributed by atoms with Crippen LogP contribution in [-0.2, 0) is 10.0 Å². The second kappa shape index (κ2) is 5.16. The lowest BCUT2D eigenvalue weighted by atomic mass is 10.0. The number of hydrogen-bond acceptors (Lipinski definition) is 4. The van der Waals surface area contributed by atoms with Crippen molar-refractivity contribution in [3.05, 3.63) is 18.2 Å². The molecule has 0 aliphatic heterocycles. The molecule has 0 saturated heterocycles. The number of nitrogen functional groups attached to an aromatic ring is 1. The lowest BCUT2D eigenvalue weighted by Gasteiger charge is -2.26. The Morgan fingerprint density at radius 1 is 1.33 bits per heavy atom. The summed E-state index contributed by atoms with van der Waals surface area (Å²) in [7, 11) is -2.14. The smallest absolute Gasteiger partial charge is 0.242 e. The molecule has 0 saturated carbocycles. The van der Waals surface area contributed by atoms with E-state index in [4.69, 9.17) is 5.73 Å². The standard InChI is InChI=1S/C12H21N3O2S/c1-5-12(2,3)15-9-6-7-11(10(13)8-9)18(16,17)14-4/h6-8,14-15H,5,13H2,1-4H3. The molecule has 0 fully saturated rings. The SMILES string of the molecule is CCC(C)(C)Nc1ccc(S(=O)(=O)NC)c(N)c1. The van der Waals surface area contributed by atoms with Crippen molar-refractivity contribution in [1.29, 1.82) is 0 Å². The van der Waals surface area contributed by atoms with Gasteiger partial charge < -0.3 is 11.1 Å². The molecular formula is C12H21N3O2S. The molecule has 0 spiro atoms. The fourth-order valence-electron chi connectivity index (χ4n) is 1.46. The predicted molar refractivity (Wildman–Crippen MR) is 75.1 cm³/mol. The zero-order valence-electron chi connectivity index (χ0n) is 11.2. The Balaban J connectivity index is 3.08. The number of hydrogen-bond donors (Lipinski definition) is 3. The zero-order valence-corrected chi connectivity index (χ0v) is 12.1. The average molecular weight is 271 g/mol.